The molecule has 2 aliphatic rings. The minimum Gasteiger partial charge on any atom is -0.341 e. The first-order valence-corrected chi connectivity index (χ1v) is 7.42. The molecule has 0 unspecified atom stereocenters. The Kier molecular flexibility index (Phi) is 4.27. The molecular weight excluding hydrogens is 224 g/mol. The lowest BCUT2D eigenvalue weighted by atomic mass is 9.80. The average Bonchev–Trinajstić information content (AvgIpc) is 3.22. The topological polar surface area (TPSA) is 44.1 Å². The molecule has 0 atom stereocenters. The van der Waals surface area contributed by atoms with Crippen molar-refractivity contribution in [2.24, 2.45) is 11.3 Å². The minimum atomic E-state index is -0.707. The van der Waals surface area contributed by atoms with Gasteiger partial charge in [0.15, 0.2) is 0 Å². The summed E-state index contributed by atoms with van der Waals surface area (Å²) >= 11 is 0. The van der Waals surface area contributed by atoms with Crippen LogP contribution in [0.1, 0.15) is 58.3 Å². The minimum absolute atomic E-state index is 0.112. The molecule has 0 bridgehead atoms. The average molecular weight is 248 g/mol. The Morgan fingerprint density at radius 2 is 1.89 bits per heavy atom. The lowest BCUT2D eigenvalue weighted by Crippen LogP contribution is -2.44. The lowest BCUT2D eigenvalue weighted by Gasteiger charge is -2.31. The van der Waals surface area contributed by atoms with Crippen LogP contribution in [0, 0.1) is 22.7 Å². The highest BCUT2D eigenvalue weighted by molar-refractivity contribution is 5.85. The van der Waals surface area contributed by atoms with Crippen molar-refractivity contribution in [1.82, 2.24) is 4.90 Å². The normalized spacial score (nSPS) is 22.9. The third kappa shape index (κ3) is 2.85. The second kappa shape index (κ2) is 5.73. The van der Waals surface area contributed by atoms with Crippen LogP contribution >= 0.6 is 0 Å². The summed E-state index contributed by atoms with van der Waals surface area (Å²) in [5.41, 5.74) is -0.707. The number of nitrogens with zero attached hydrogens (tertiary/aromatic N) is 2. The Hall–Kier alpha value is -1.04. The van der Waals surface area contributed by atoms with Gasteiger partial charge in [-0.25, -0.2) is 0 Å². The largest absolute Gasteiger partial charge is 0.341 e. The first kappa shape index (κ1) is 13.4. The maximum absolute atomic E-state index is 12.7. The number of carbonyl (C=O) groups excluding carboxylic acids is 1. The summed E-state index contributed by atoms with van der Waals surface area (Å²) in [7, 11) is 0. The zero-order valence-electron chi connectivity index (χ0n) is 11.5. The molecule has 0 aromatic rings. The lowest BCUT2D eigenvalue weighted by molar-refractivity contribution is -0.139. The number of hydrogen-bond donors (Lipinski definition) is 0. The van der Waals surface area contributed by atoms with E-state index < -0.39 is 5.41 Å². The van der Waals surface area contributed by atoms with Gasteiger partial charge in [0.2, 0.25) is 5.91 Å². The van der Waals surface area contributed by atoms with Crippen molar-refractivity contribution < 1.29 is 4.79 Å². The van der Waals surface area contributed by atoms with Crippen LogP contribution in [0.4, 0.5) is 0 Å². The highest BCUT2D eigenvalue weighted by Gasteiger charge is 2.42. The van der Waals surface area contributed by atoms with Gasteiger partial charge in [0.1, 0.15) is 5.41 Å². The van der Waals surface area contributed by atoms with Gasteiger partial charge in [-0.1, -0.05) is 25.7 Å². The Labute approximate surface area is 110 Å². The van der Waals surface area contributed by atoms with E-state index in [0.717, 1.165) is 38.8 Å². The van der Waals surface area contributed by atoms with Gasteiger partial charge >= 0.3 is 0 Å². The zero-order chi connectivity index (χ0) is 13.0. The van der Waals surface area contributed by atoms with Crippen LogP contribution in [0.15, 0.2) is 0 Å². The first-order chi connectivity index (χ1) is 8.72. The van der Waals surface area contributed by atoms with Crippen molar-refractivity contribution in [2.45, 2.75) is 58.3 Å². The van der Waals surface area contributed by atoms with Crippen LogP contribution in [-0.4, -0.2) is 23.9 Å². The van der Waals surface area contributed by atoms with Crippen LogP contribution in [-0.2, 0) is 4.79 Å². The second-order valence-corrected chi connectivity index (χ2v) is 5.90. The summed E-state index contributed by atoms with van der Waals surface area (Å²) in [6.45, 7) is 3.65. The summed E-state index contributed by atoms with van der Waals surface area (Å²) in [5.74, 6) is 0.816. The standard InChI is InChI=1S/C15H24N2O/c1-2-17(11-13-7-8-13)14(18)15(12-16)9-5-3-4-6-10-15/h13H,2-11H2,1H3. The van der Waals surface area contributed by atoms with Crippen LogP contribution in [0.25, 0.3) is 0 Å². The van der Waals surface area contributed by atoms with Gasteiger partial charge in [-0.05, 0) is 38.5 Å². The molecule has 0 aromatic carbocycles. The Bertz CT molecular complexity index is 333. The first-order valence-electron chi connectivity index (χ1n) is 7.42. The van der Waals surface area contributed by atoms with Crippen molar-refractivity contribution in [3.63, 3.8) is 0 Å². The maximum Gasteiger partial charge on any atom is 0.243 e. The van der Waals surface area contributed by atoms with Crippen molar-refractivity contribution >= 4 is 5.91 Å². The highest BCUT2D eigenvalue weighted by atomic mass is 16.2. The number of rotatable bonds is 4. The molecule has 0 spiro atoms. The summed E-state index contributed by atoms with van der Waals surface area (Å²) in [6, 6.07) is 2.37. The third-order valence-electron chi connectivity index (χ3n) is 4.42. The highest BCUT2D eigenvalue weighted by Crippen LogP contribution is 2.37. The number of hydrogen-bond acceptors (Lipinski definition) is 2. The third-order valence-corrected chi connectivity index (χ3v) is 4.42. The molecule has 2 fully saturated rings. The van der Waals surface area contributed by atoms with Crippen LogP contribution < -0.4 is 0 Å². The number of amides is 1. The molecule has 100 valence electrons. The van der Waals surface area contributed by atoms with E-state index in [-0.39, 0.29) is 5.91 Å². The van der Waals surface area contributed by atoms with Crippen molar-refractivity contribution in [1.29, 1.82) is 5.26 Å². The van der Waals surface area contributed by atoms with Gasteiger partial charge in [-0.2, -0.15) is 5.26 Å². The number of carbonyl (C=O) groups is 1. The van der Waals surface area contributed by atoms with Gasteiger partial charge in [0.05, 0.1) is 6.07 Å². The fraction of sp³-hybridized carbons (Fsp3) is 0.867. The van der Waals surface area contributed by atoms with Crippen LogP contribution in [0.5, 0.6) is 0 Å². The van der Waals surface area contributed by atoms with Crippen molar-refractivity contribution in [3.05, 3.63) is 0 Å². The van der Waals surface area contributed by atoms with E-state index in [1.54, 1.807) is 0 Å². The van der Waals surface area contributed by atoms with E-state index in [9.17, 15) is 10.1 Å². The molecule has 2 aliphatic carbocycles. The molecule has 0 saturated heterocycles. The molecule has 0 aromatic heterocycles. The Balaban J connectivity index is 2.08. The van der Waals surface area contributed by atoms with Gasteiger partial charge in [0.25, 0.3) is 0 Å². The van der Waals surface area contributed by atoms with Gasteiger partial charge in [-0.3, -0.25) is 4.79 Å². The van der Waals surface area contributed by atoms with Gasteiger partial charge < -0.3 is 4.90 Å². The molecule has 1 amide bonds. The summed E-state index contributed by atoms with van der Waals surface area (Å²) < 4.78 is 0. The Morgan fingerprint density at radius 3 is 2.33 bits per heavy atom. The SMILES string of the molecule is CCN(CC1CC1)C(=O)C1(C#N)CCCCCC1. The molecule has 0 radical (unpaired) electrons. The van der Waals surface area contributed by atoms with E-state index in [2.05, 4.69) is 6.07 Å². The van der Waals surface area contributed by atoms with E-state index in [1.165, 1.54) is 25.7 Å². The van der Waals surface area contributed by atoms with Gasteiger partial charge in [-0.15, -0.1) is 0 Å². The molecule has 0 aliphatic heterocycles. The van der Waals surface area contributed by atoms with Crippen LogP contribution in [0.2, 0.25) is 0 Å². The predicted molar refractivity (Wildman–Crippen MR) is 70.7 cm³/mol. The van der Waals surface area contributed by atoms with E-state index >= 15 is 0 Å². The quantitative estimate of drug-likeness (QED) is 0.717. The fourth-order valence-electron chi connectivity index (χ4n) is 2.98. The van der Waals surface area contributed by atoms with Gasteiger partial charge in [0, 0.05) is 13.1 Å². The van der Waals surface area contributed by atoms with Crippen molar-refractivity contribution in [3.8, 4) is 6.07 Å². The summed E-state index contributed by atoms with van der Waals surface area (Å²) in [4.78, 5) is 14.6. The smallest absolute Gasteiger partial charge is 0.243 e. The molecular formula is C15H24N2O. The van der Waals surface area contributed by atoms with E-state index in [4.69, 9.17) is 0 Å². The maximum atomic E-state index is 12.7. The summed E-state index contributed by atoms with van der Waals surface area (Å²) in [5, 5.41) is 9.53. The molecule has 18 heavy (non-hydrogen) atoms. The van der Waals surface area contributed by atoms with Crippen molar-refractivity contribution in [2.75, 3.05) is 13.1 Å². The van der Waals surface area contributed by atoms with E-state index in [0.29, 0.717) is 5.92 Å². The monoisotopic (exact) mass is 248 g/mol. The Morgan fingerprint density at radius 1 is 1.28 bits per heavy atom. The zero-order valence-corrected chi connectivity index (χ0v) is 11.5. The molecule has 3 heteroatoms. The number of nitriles is 1. The molecule has 0 heterocycles. The molecule has 3 nitrogen and oxygen atoms in total. The second-order valence-electron chi connectivity index (χ2n) is 5.90. The summed E-state index contributed by atoms with van der Waals surface area (Å²) in [6.07, 6.45) is 8.44. The fourth-order valence-corrected chi connectivity index (χ4v) is 2.98. The van der Waals surface area contributed by atoms with E-state index in [1.807, 2.05) is 11.8 Å². The predicted octanol–water partition coefficient (Wildman–Crippen LogP) is 3.11. The molecule has 2 saturated carbocycles. The molecule has 0 N–H and O–H groups in total. The molecule has 2 rings (SSSR count). The van der Waals surface area contributed by atoms with Crippen LogP contribution in [0.3, 0.4) is 0 Å².